The molecule has 0 amide bonds. The minimum Gasteiger partial charge on any atom is -0.383 e. The van der Waals surface area contributed by atoms with Crippen molar-refractivity contribution in [3.05, 3.63) is 21.7 Å². The largest absolute Gasteiger partial charge is 0.383 e. The van der Waals surface area contributed by atoms with Crippen molar-refractivity contribution < 1.29 is 4.74 Å². The molecule has 0 radical (unpaired) electrons. The first kappa shape index (κ1) is 13.1. The summed E-state index contributed by atoms with van der Waals surface area (Å²) in [5.74, 6) is 1.06. The Bertz CT molecular complexity index is 462. The second-order valence-corrected chi connectivity index (χ2v) is 5.16. The fourth-order valence-electron chi connectivity index (χ4n) is 2.39. The van der Waals surface area contributed by atoms with Gasteiger partial charge in [0.1, 0.15) is 11.6 Å². The molecule has 1 aromatic heterocycles. The highest BCUT2D eigenvalue weighted by molar-refractivity contribution is 5.39. The molecular formula is C13H21N3O2. The van der Waals surface area contributed by atoms with Crippen molar-refractivity contribution in [2.75, 3.05) is 12.3 Å². The van der Waals surface area contributed by atoms with E-state index in [0.29, 0.717) is 23.6 Å². The average molecular weight is 251 g/mol. The Balaban J connectivity index is 2.17. The first-order valence-corrected chi connectivity index (χ1v) is 6.58. The molecule has 1 fully saturated rings. The topological polar surface area (TPSA) is 81.0 Å². The van der Waals surface area contributed by atoms with Crippen LogP contribution >= 0.6 is 0 Å². The van der Waals surface area contributed by atoms with Crippen LogP contribution in [0.1, 0.15) is 50.4 Å². The Hall–Kier alpha value is -1.36. The van der Waals surface area contributed by atoms with Crippen LogP contribution in [0.5, 0.6) is 0 Å². The summed E-state index contributed by atoms with van der Waals surface area (Å²) in [7, 11) is 0. The van der Waals surface area contributed by atoms with Gasteiger partial charge in [0, 0.05) is 13.0 Å². The molecule has 1 aromatic rings. The van der Waals surface area contributed by atoms with E-state index in [0.717, 1.165) is 19.4 Å². The van der Waals surface area contributed by atoms with Crippen molar-refractivity contribution in [2.24, 2.45) is 0 Å². The molecule has 3 N–H and O–H groups in total. The standard InChI is InChI=1S/C13H21N3O2/c1-8(2)11-12(14)15-10(16-13(11)17)7-9-5-3-4-6-18-9/h8-9H,3-7H2,1-2H3,(H3,14,15,16,17). The van der Waals surface area contributed by atoms with Crippen molar-refractivity contribution in [1.82, 2.24) is 9.97 Å². The maximum atomic E-state index is 11.9. The number of nitrogens with one attached hydrogen (secondary N) is 1. The Morgan fingerprint density at radius 3 is 2.83 bits per heavy atom. The summed E-state index contributed by atoms with van der Waals surface area (Å²) >= 11 is 0. The lowest BCUT2D eigenvalue weighted by molar-refractivity contribution is 0.0156. The SMILES string of the molecule is CC(C)c1c(N)nc(CC2CCCCO2)[nH]c1=O. The molecule has 1 unspecified atom stereocenters. The van der Waals surface area contributed by atoms with Gasteiger partial charge in [0.25, 0.3) is 5.56 Å². The van der Waals surface area contributed by atoms with Crippen LogP contribution in [0.3, 0.4) is 0 Å². The quantitative estimate of drug-likeness (QED) is 0.854. The molecule has 5 heteroatoms. The molecule has 2 rings (SSSR count). The molecule has 2 heterocycles. The highest BCUT2D eigenvalue weighted by atomic mass is 16.5. The smallest absolute Gasteiger partial charge is 0.256 e. The second-order valence-electron chi connectivity index (χ2n) is 5.16. The van der Waals surface area contributed by atoms with E-state index in [2.05, 4.69) is 9.97 Å². The van der Waals surface area contributed by atoms with Gasteiger partial charge in [-0.3, -0.25) is 4.79 Å². The maximum Gasteiger partial charge on any atom is 0.256 e. The summed E-state index contributed by atoms with van der Waals surface area (Å²) in [6, 6.07) is 0. The molecule has 1 aliphatic heterocycles. The van der Waals surface area contributed by atoms with E-state index >= 15 is 0 Å². The summed E-state index contributed by atoms with van der Waals surface area (Å²) in [6.07, 6.45) is 4.11. The van der Waals surface area contributed by atoms with Gasteiger partial charge in [-0.25, -0.2) is 4.98 Å². The molecule has 18 heavy (non-hydrogen) atoms. The highest BCUT2D eigenvalue weighted by Crippen LogP contribution is 2.18. The van der Waals surface area contributed by atoms with Crippen molar-refractivity contribution in [1.29, 1.82) is 0 Å². The van der Waals surface area contributed by atoms with Crippen molar-refractivity contribution in [3.8, 4) is 0 Å². The fraction of sp³-hybridized carbons (Fsp3) is 0.692. The number of hydrogen-bond acceptors (Lipinski definition) is 4. The van der Waals surface area contributed by atoms with Gasteiger partial charge >= 0.3 is 0 Å². The van der Waals surface area contributed by atoms with E-state index in [1.165, 1.54) is 6.42 Å². The van der Waals surface area contributed by atoms with Gasteiger partial charge in [-0.05, 0) is 25.2 Å². The molecule has 0 spiro atoms. The van der Waals surface area contributed by atoms with Gasteiger partial charge in [0.15, 0.2) is 0 Å². The van der Waals surface area contributed by atoms with Gasteiger partial charge in [0.05, 0.1) is 11.7 Å². The van der Waals surface area contributed by atoms with Crippen LogP contribution < -0.4 is 11.3 Å². The van der Waals surface area contributed by atoms with Crippen LogP contribution in [0.25, 0.3) is 0 Å². The number of rotatable bonds is 3. The lowest BCUT2D eigenvalue weighted by Crippen LogP contribution is -2.26. The summed E-state index contributed by atoms with van der Waals surface area (Å²) in [6.45, 7) is 4.67. The lowest BCUT2D eigenvalue weighted by Gasteiger charge is -2.22. The van der Waals surface area contributed by atoms with E-state index in [1.807, 2.05) is 13.8 Å². The summed E-state index contributed by atoms with van der Waals surface area (Å²) < 4.78 is 5.64. The van der Waals surface area contributed by atoms with Crippen LogP contribution in [0.4, 0.5) is 5.82 Å². The van der Waals surface area contributed by atoms with Gasteiger partial charge in [-0.1, -0.05) is 13.8 Å². The Labute approximate surface area is 107 Å². The molecule has 1 aliphatic rings. The number of anilines is 1. The molecule has 1 atom stereocenters. The molecule has 1 saturated heterocycles. The van der Waals surface area contributed by atoms with Crippen molar-refractivity contribution in [3.63, 3.8) is 0 Å². The highest BCUT2D eigenvalue weighted by Gasteiger charge is 2.18. The third kappa shape index (κ3) is 2.90. The van der Waals surface area contributed by atoms with Gasteiger partial charge in [0.2, 0.25) is 0 Å². The maximum absolute atomic E-state index is 11.9. The molecule has 0 bridgehead atoms. The first-order valence-electron chi connectivity index (χ1n) is 6.58. The van der Waals surface area contributed by atoms with Crippen molar-refractivity contribution >= 4 is 5.82 Å². The molecule has 0 aliphatic carbocycles. The minimum absolute atomic E-state index is 0.0845. The second kappa shape index (κ2) is 5.52. The van der Waals surface area contributed by atoms with Crippen LogP contribution in [0.15, 0.2) is 4.79 Å². The number of H-pyrrole nitrogens is 1. The number of nitrogen functional groups attached to an aromatic ring is 1. The molecule has 5 nitrogen and oxygen atoms in total. The monoisotopic (exact) mass is 251 g/mol. The van der Waals surface area contributed by atoms with E-state index in [9.17, 15) is 4.79 Å². The van der Waals surface area contributed by atoms with Gasteiger partial charge in [-0.2, -0.15) is 0 Å². The third-order valence-corrected chi connectivity index (χ3v) is 3.31. The Kier molecular flexibility index (Phi) is 4.01. The Morgan fingerprint density at radius 2 is 2.28 bits per heavy atom. The minimum atomic E-state index is -0.122. The number of nitrogens with two attached hydrogens (primary N) is 1. The first-order chi connectivity index (χ1) is 8.58. The predicted octanol–water partition coefficient (Wildman–Crippen LogP) is 1.59. The molecule has 0 saturated carbocycles. The number of aromatic amines is 1. The zero-order valence-electron chi connectivity index (χ0n) is 11.0. The van der Waals surface area contributed by atoms with Crippen LogP contribution in [-0.2, 0) is 11.2 Å². The average Bonchev–Trinajstić information content (AvgIpc) is 2.28. The number of ether oxygens (including phenoxy) is 1. The predicted molar refractivity (Wildman–Crippen MR) is 70.7 cm³/mol. The van der Waals surface area contributed by atoms with E-state index in [1.54, 1.807) is 0 Å². The van der Waals surface area contributed by atoms with Crippen LogP contribution in [0, 0.1) is 0 Å². The zero-order chi connectivity index (χ0) is 13.1. The molecular weight excluding hydrogens is 230 g/mol. The fourth-order valence-corrected chi connectivity index (χ4v) is 2.39. The molecule has 0 aromatic carbocycles. The Morgan fingerprint density at radius 1 is 1.50 bits per heavy atom. The third-order valence-electron chi connectivity index (χ3n) is 3.31. The van der Waals surface area contributed by atoms with Gasteiger partial charge in [-0.15, -0.1) is 0 Å². The lowest BCUT2D eigenvalue weighted by atomic mass is 10.0. The van der Waals surface area contributed by atoms with Crippen LogP contribution in [0.2, 0.25) is 0 Å². The van der Waals surface area contributed by atoms with Crippen LogP contribution in [-0.4, -0.2) is 22.7 Å². The molecule has 100 valence electrons. The zero-order valence-corrected chi connectivity index (χ0v) is 11.0. The summed E-state index contributed by atoms with van der Waals surface area (Å²) in [5, 5.41) is 0. The summed E-state index contributed by atoms with van der Waals surface area (Å²) in [4.78, 5) is 19.0. The normalized spacial score (nSPS) is 20.3. The van der Waals surface area contributed by atoms with Crippen molar-refractivity contribution in [2.45, 2.75) is 51.6 Å². The van der Waals surface area contributed by atoms with Gasteiger partial charge < -0.3 is 15.5 Å². The number of nitrogens with zero attached hydrogens (tertiary/aromatic N) is 1. The number of hydrogen-bond donors (Lipinski definition) is 2. The number of aromatic nitrogens is 2. The summed E-state index contributed by atoms with van der Waals surface area (Å²) in [5.41, 5.74) is 6.31. The van der Waals surface area contributed by atoms with E-state index in [4.69, 9.17) is 10.5 Å². The van der Waals surface area contributed by atoms with E-state index in [-0.39, 0.29) is 17.6 Å². The van der Waals surface area contributed by atoms with E-state index < -0.39 is 0 Å².